The lowest BCUT2D eigenvalue weighted by Crippen LogP contribution is -2.29. The van der Waals surface area contributed by atoms with Crippen molar-refractivity contribution in [3.8, 4) is 5.75 Å². The van der Waals surface area contributed by atoms with Crippen LogP contribution in [0.15, 0.2) is 75.9 Å². The minimum absolute atomic E-state index is 0.128. The second-order valence-corrected chi connectivity index (χ2v) is 10.0. The molecule has 3 aromatic carbocycles. The third kappa shape index (κ3) is 4.41. The van der Waals surface area contributed by atoms with E-state index < -0.39 is 6.04 Å². The Labute approximate surface area is 211 Å². The van der Waals surface area contributed by atoms with Gasteiger partial charge in [-0.25, -0.2) is 0 Å². The number of benzene rings is 3. The van der Waals surface area contributed by atoms with Crippen LogP contribution in [0.1, 0.15) is 64.7 Å². The van der Waals surface area contributed by atoms with Gasteiger partial charge in [-0.1, -0.05) is 56.3 Å². The number of aryl methyl sites for hydroxylation is 2. The first-order valence-corrected chi connectivity index (χ1v) is 12.5. The molecule has 5 heteroatoms. The van der Waals surface area contributed by atoms with Gasteiger partial charge in [0.25, 0.3) is 5.91 Å². The van der Waals surface area contributed by atoms with Gasteiger partial charge in [-0.2, -0.15) is 0 Å². The van der Waals surface area contributed by atoms with Crippen LogP contribution < -0.4 is 10.2 Å². The van der Waals surface area contributed by atoms with Gasteiger partial charge in [0.05, 0.1) is 23.6 Å². The molecule has 0 spiro atoms. The fourth-order valence-electron chi connectivity index (χ4n) is 4.75. The maximum absolute atomic E-state index is 13.9. The lowest BCUT2D eigenvalue weighted by Gasteiger charge is -2.25. The van der Waals surface area contributed by atoms with E-state index in [1.54, 1.807) is 4.90 Å². The third-order valence-electron chi connectivity index (χ3n) is 6.92. The fraction of sp³-hybridized carbons (Fsp3) is 0.290. The summed E-state index contributed by atoms with van der Waals surface area (Å²) in [6.45, 7) is 9.24. The summed E-state index contributed by atoms with van der Waals surface area (Å²) in [6, 6.07) is 20.7. The molecule has 0 bridgehead atoms. The zero-order valence-electron chi connectivity index (χ0n) is 21.2. The molecule has 0 radical (unpaired) electrons. The molecule has 1 amide bonds. The second-order valence-electron chi connectivity index (χ2n) is 10.0. The number of ether oxygens (including phenoxy) is 1. The molecule has 5 rings (SSSR count). The molecular formula is C31H31NO4. The van der Waals surface area contributed by atoms with Crippen molar-refractivity contribution < 1.29 is 13.9 Å². The highest BCUT2D eigenvalue weighted by atomic mass is 16.5. The van der Waals surface area contributed by atoms with Crippen molar-refractivity contribution in [1.82, 2.24) is 4.90 Å². The first-order valence-electron chi connectivity index (χ1n) is 12.5. The minimum atomic E-state index is -0.566. The monoisotopic (exact) mass is 481 g/mol. The number of hydrogen-bond donors (Lipinski definition) is 0. The van der Waals surface area contributed by atoms with E-state index in [4.69, 9.17) is 9.15 Å². The standard InChI is InChI=1S/C31H31NO4/c1-19(2)13-14-35-24-12-8-11-23(17-24)28-27-29(33)25-15-20(3)21(4)16-26(25)36-30(27)31(34)32(28)18-22-9-6-5-7-10-22/h5-12,15-17,19,28H,13-14,18H2,1-4H3. The molecule has 0 aliphatic carbocycles. The average molecular weight is 482 g/mol. The molecule has 36 heavy (non-hydrogen) atoms. The smallest absolute Gasteiger partial charge is 0.291 e. The van der Waals surface area contributed by atoms with E-state index in [1.165, 1.54) is 0 Å². The van der Waals surface area contributed by atoms with Crippen LogP contribution in [-0.4, -0.2) is 17.4 Å². The summed E-state index contributed by atoms with van der Waals surface area (Å²) >= 11 is 0. The largest absolute Gasteiger partial charge is 0.494 e. The Balaban J connectivity index is 1.64. The molecule has 4 aromatic rings. The number of carbonyl (C=O) groups is 1. The van der Waals surface area contributed by atoms with Crippen LogP contribution in [0.5, 0.6) is 5.75 Å². The van der Waals surface area contributed by atoms with E-state index >= 15 is 0 Å². The Bertz CT molecular complexity index is 1490. The number of nitrogens with zero attached hydrogens (tertiary/aromatic N) is 1. The van der Waals surface area contributed by atoms with E-state index in [0.717, 1.165) is 34.4 Å². The van der Waals surface area contributed by atoms with Crippen molar-refractivity contribution in [3.05, 3.63) is 111 Å². The van der Waals surface area contributed by atoms with E-state index in [1.807, 2.05) is 80.6 Å². The summed E-state index contributed by atoms with van der Waals surface area (Å²) in [7, 11) is 0. The predicted octanol–water partition coefficient (Wildman–Crippen LogP) is 6.58. The third-order valence-corrected chi connectivity index (χ3v) is 6.92. The van der Waals surface area contributed by atoms with E-state index in [9.17, 15) is 9.59 Å². The number of hydrogen-bond acceptors (Lipinski definition) is 4. The maximum Gasteiger partial charge on any atom is 0.291 e. The second kappa shape index (κ2) is 9.65. The summed E-state index contributed by atoms with van der Waals surface area (Å²) in [4.78, 5) is 29.3. The van der Waals surface area contributed by atoms with E-state index in [-0.39, 0.29) is 17.1 Å². The van der Waals surface area contributed by atoms with Crippen LogP contribution in [0.25, 0.3) is 11.0 Å². The van der Waals surface area contributed by atoms with Gasteiger partial charge in [0.15, 0.2) is 5.43 Å². The van der Waals surface area contributed by atoms with Gasteiger partial charge in [0.2, 0.25) is 5.76 Å². The van der Waals surface area contributed by atoms with Crippen molar-refractivity contribution in [3.63, 3.8) is 0 Å². The molecular weight excluding hydrogens is 450 g/mol. The molecule has 1 unspecified atom stereocenters. The lowest BCUT2D eigenvalue weighted by molar-refractivity contribution is 0.0714. The SMILES string of the molecule is Cc1cc2oc3c(c(=O)c2cc1C)C(c1cccc(OCCC(C)C)c1)N(Cc1ccccc1)C3=O. The number of amides is 1. The van der Waals surface area contributed by atoms with Gasteiger partial charge in [0.1, 0.15) is 11.3 Å². The predicted molar refractivity (Wildman–Crippen MR) is 142 cm³/mol. The maximum atomic E-state index is 13.9. The topological polar surface area (TPSA) is 59.8 Å². The molecule has 0 N–H and O–H groups in total. The van der Waals surface area contributed by atoms with E-state index in [2.05, 4.69) is 13.8 Å². The minimum Gasteiger partial charge on any atom is -0.494 e. The number of fused-ring (bicyclic) bond motifs is 2. The average Bonchev–Trinajstić information content (AvgIpc) is 3.13. The normalized spacial score (nSPS) is 15.1. The summed E-state index contributed by atoms with van der Waals surface area (Å²) in [5, 5.41) is 0.501. The highest BCUT2D eigenvalue weighted by Crippen LogP contribution is 2.40. The zero-order valence-corrected chi connectivity index (χ0v) is 21.2. The van der Waals surface area contributed by atoms with E-state index in [0.29, 0.717) is 35.6 Å². The molecule has 0 saturated heterocycles. The number of rotatable bonds is 7. The van der Waals surface area contributed by atoms with Crippen molar-refractivity contribution >= 4 is 16.9 Å². The van der Waals surface area contributed by atoms with Gasteiger partial charge in [0, 0.05) is 6.54 Å². The molecule has 5 nitrogen and oxygen atoms in total. The van der Waals surface area contributed by atoms with Crippen LogP contribution in [0.3, 0.4) is 0 Å². The Hall–Kier alpha value is -3.86. The van der Waals surface area contributed by atoms with Crippen LogP contribution in [-0.2, 0) is 6.54 Å². The summed E-state index contributed by atoms with van der Waals surface area (Å²) in [5.74, 6) is 1.12. The Morgan fingerprint density at radius 3 is 2.44 bits per heavy atom. The van der Waals surface area contributed by atoms with Crippen molar-refractivity contribution in [2.45, 2.75) is 46.7 Å². The lowest BCUT2D eigenvalue weighted by atomic mass is 9.97. The molecule has 2 heterocycles. The fourth-order valence-corrected chi connectivity index (χ4v) is 4.75. The molecule has 0 fully saturated rings. The van der Waals surface area contributed by atoms with Crippen LogP contribution >= 0.6 is 0 Å². The molecule has 1 atom stereocenters. The summed E-state index contributed by atoms with van der Waals surface area (Å²) in [5.41, 5.74) is 4.52. The van der Waals surface area contributed by atoms with Gasteiger partial charge in [-0.3, -0.25) is 9.59 Å². The van der Waals surface area contributed by atoms with Crippen LogP contribution in [0, 0.1) is 19.8 Å². The van der Waals surface area contributed by atoms with Crippen molar-refractivity contribution in [1.29, 1.82) is 0 Å². The summed E-state index contributed by atoms with van der Waals surface area (Å²) < 4.78 is 12.2. The van der Waals surface area contributed by atoms with Crippen LogP contribution in [0.2, 0.25) is 0 Å². The molecule has 1 aliphatic heterocycles. The molecule has 184 valence electrons. The van der Waals surface area contributed by atoms with Crippen molar-refractivity contribution in [2.24, 2.45) is 5.92 Å². The van der Waals surface area contributed by atoms with Crippen LogP contribution in [0.4, 0.5) is 0 Å². The Morgan fingerprint density at radius 2 is 1.69 bits per heavy atom. The summed E-state index contributed by atoms with van der Waals surface area (Å²) in [6.07, 6.45) is 0.948. The highest BCUT2D eigenvalue weighted by Gasteiger charge is 2.42. The van der Waals surface area contributed by atoms with Gasteiger partial charge < -0.3 is 14.1 Å². The zero-order chi connectivity index (χ0) is 25.4. The van der Waals surface area contributed by atoms with Crippen molar-refractivity contribution in [2.75, 3.05) is 6.61 Å². The van der Waals surface area contributed by atoms with Gasteiger partial charge in [-0.15, -0.1) is 0 Å². The Morgan fingerprint density at radius 1 is 0.944 bits per heavy atom. The Kier molecular flexibility index (Phi) is 6.40. The number of carbonyl (C=O) groups excluding carboxylic acids is 1. The van der Waals surface area contributed by atoms with Gasteiger partial charge in [-0.05, 0) is 72.7 Å². The van der Waals surface area contributed by atoms with Gasteiger partial charge >= 0.3 is 0 Å². The molecule has 0 saturated carbocycles. The highest BCUT2D eigenvalue weighted by molar-refractivity contribution is 5.99. The molecule has 1 aliphatic rings. The quantitative estimate of drug-likeness (QED) is 0.299. The first-order chi connectivity index (χ1) is 17.3. The molecule has 1 aromatic heterocycles. The first kappa shape index (κ1) is 23.9.